The van der Waals surface area contributed by atoms with Crippen molar-refractivity contribution in [1.29, 1.82) is 0 Å². The van der Waals surface area contributed by atoms with Crippen molar-refractivity contribution in [1.82, 2.24) is 4.98 Å². The Morgan fingerprint density at radius 1 is 1.00 bits per heavy atom. The van der Waals surface area contributed by atoms with Crippen LogP contribution in [0.3, 0.4) is 0 Å². The average molecular weight is 214 g/mol. The number of aromatic nitrogens is 1. The van der Waals surface area contributed by atoms with Crippen molar-refractivity contribution < 1.29 is 0 Å². The van der Waals surface area contributed by atoms with E-state index in [0.29, 0.717) is 0 Å². The lowest BCUT2D eigenvalue weighted by molar-refractivity contribution is 1.12. The first kappa shape index (κ1) is 10.9. The summed E-state index contributed by atoms with van der Waals surface area (Å²) in [5, 5.41) is 1.24. The van der Waals surface area contributed by atoms with Crippen molar-refractivity contribution in [2.75, 3.05) is 19.0 Å². The van der Waals surface area contributed by atoms with E-state index in [2.05, 4.69) is 56.0 Å². The van der Waals surface area contributed by atoms with E-state index in [1.165, 1.54) is 22.2 Å². The Labute approximate surface area is 96.9 Å². The SMILES string of the molecule is Cc1cc(C)c2nc(C)cc(N(C)C)c2c1. The van der Waals surface area contributed by atoms with Gasteiger partial charge in [-0.3, -0.25) is 4.98 Å². The van der Waals surface area contributed by atoms with Crippen LogP contribution in [-0.2, 0) is 0 Å². The van der Waals surface area contributed by atoms with Gasteiger partial charge < -0.3 is 4.90 Å². The molecule has 84 valence electrons. The van der Waals surface area contributed by atoms with E-state index in [9.17, 15) is 0 Å². The third-order valence-corrected chi connectivity index (χ3v) is 2.84. The lowest BCUT2D eigenvalue weighted by Gasteiger charge is -2.17. The van der Waals surface area contributed by atoms with Crippen molar-refractivity contribution >= 4 is 16.6 Å². The maximum absolute atomic E-state index is 4.63. The molecule has 0 bridgehead atoms. The first-order chi connectivity index (χ1) is 7.49. The number of nitrogens with zero attached hydrogens (tertiary/aromatic N) is 2. The molecule has 0 saturated carbocycles. The molecule has 0 aliphatic heterocycles. The van der Waals surface area contributed by atoms with Crippen LogP contribution < -0.4 is 4.90 Å². The summed E-state index contributed by atoms with van der Waals surface area (Å²) in [6.45, 7) is 6.30. The Morgan fingerprint density at radius 3 is 2.31 bits per heavy atom. The zero-order valence-corrected chi connectivity index (χ0v) is 10.6. The van der Waals surface area contributed by atoms with Gasteiger partial charge in [-0.15, -0.1) is 0 Å². The fourth-order valence-electron chi connectivity index (χ4n) is 2.16. The summed E-state index contributed by atoms with van der Waals surface area (Å²) in [6, 6.07) is 6.54. The maximum atomic E-state index is 4.63. The van der Waals surface area contributed by atoms with Crippen LogP contribution in [0.15, 0.2) is 18.2 Å². The summed E-state index contributed by atoms with van der Waals surface area (Å²) < 4.78 is 0. The predicted octanol–water partition coefficient (Wildman–Crippen LogP) is 3.23. The van der Waals surface area contributed by atoms with E-state index in [-0.39, 0.29) is 0 Å². The Morgan fingerprint density at radius 2 is 1.69 bits per heavy atom. The average Bonchev–Trinajstić information content (AvgIpc) is 2.18. The molecule has 0 fully saturated rings. The third kappa shape index (κ3) is 1.75. The van der Waals surface area contributed by atoms with Gasteiger partial charge in [0.05, 0.1) is 5.52 Å². The second kappa shape index (κ2) is 3.78. The van der Waals surface area contributed by atoms with E-state index in [1.807, 2.05) is 6.92 Å². The Bertz CT molecular complexity index is 542. The molecule has 1 aromatic heterocycles. The van der Waals surface area contributed by atoms with Gasteiger partial charge >= 0.3 is 0 Å². The van der Waals surface area contributed by atoms with E-state index < -0.39 is 0 Å². The monoisotopic (exact) mass is 214 g/mol. The van der Waals surface area contributed by atoms with Crippen LogP contribution >= 0.6 is 0 Å². The fraction of sp³-hybridized carbons (Fsp3) is 0.357. The summed E-state index contributed by atoms with van der Waals surface area (Å²) >= 11 is 0. The minimum atomic E-state index is 1.07. The van der Waals surface area contributed by atoms with E-state index >= 15 is 0 Å². The van der Waals surface area contributed by atoms with Gasteiger partial charge in [0.1, 0.15) is 0 Å². The molecule has 0 unspecified atom stereocenters. The van der Waals surface area contributed by atoms with E-state index in [4.69, 9.17) is 0 Å². The molecule has 2 nitrogen and oxygen atoms in total. The minimum Gasteiger partial charge on any atom is -0.377 e. The van der Waals surface area contributed by atoms with Crippen LogP contribution in [0, 0.1) is 20.8 Å². The normalized spacial score (nSPS) is 10.8. The summed E-state index contributed by atoms with van der Waals surface area (Å²) in [6.07, 6.45) is 0. The molecule has 0 spiro atoms. The zero-order chi connectivity index (χ0) is 11.9. The van der Waals surface area contributed by atoms with Crippen LogP contribution in [0.4, 0.5) is 5.69 Å². The molecule has 0 radical (unpaired) electrons. The molecule has 2 rings (SSSR count). The largest absolute Gasteiger partial charge is 0.377 e. The smallest absolute Gasteiger partial charge is 0.0755 e. The number of pyridine rings is 1. The molecule has 2 aromatic rings. The fourth-order valence-corrected chi connectivity index (χ4v) is 2.16. The van der Waals surface area contributed by atoms with Crippen LogP contribution in [0.1, 0.15) is 16.8 Å². The molecule has 0 aliphatic carbocycles. The van der Waals surface area contributed by atoms with Gasteiger partial charge in [0.25, 0.3) is 0 Å². The molecule has 0 saturated heterocycles. The van der Waals surface area contributed by atoms with Crippen molar-refractivity contribution in [2.45, 2.75) is 20.8 Å². The Hall–Kier alpha value is -1.57. The standard InChI is InChI=1S/C14H18N2/c1-9-6-10(2)14-12(7-9)13(16(4)5)8-11(3)15-14/h6-8H,1-5H3. The second-order valence-electron chi connectivity index (χ2n) is 4.66. The van der Waals surface area contributed by atoms with Gasteiger partial charge in [-0.1, -0.05) is 11.6 Å². The molecular formula is C14H18N2. The number of fused-ring (bicyclic) bond motifs is 1. The van der Waals surface area contributed by atoms with Gasteiger partial charge in [0, 0.05) is 30.9 Å². The highest BCUT2D eigenvalue weighted by molar-refractivity contribution is 5.94. The first-order valence-corrected chi connectivity index (χ1v) is 5.55. The van der Waals surface area contributed by atoms with Gasteiger partial charge in [0.15, 0.2) is 0 Å². The molecule has 0 atom stereocenters. The lowest BCUT2D eigenvalue weighted by atomic mass is 10.0. The zero-order valence-electron chi connectivity index (χ0n) is 10.6. The number of aryl methyl sites for hydroxylation is 3. The maximum Gasteiger partial charge on any atom is 0.0755 e. The van der Waals surface area contributed by atoms with E-state index in [1.54, 1.807) is 0 Å². The summed E-state index contributed by atoms with van der Waals surface area (Å²) in [5.41, 5.74) is 5.98. The highest BCUT2D eigenvalue weighted by Gasteiger charge is 2.08. The molecule has 0 N–H and O–H groups in total. The number of benzene rings is 1. The van der Waals surface area contributed by atoms with Crippen LogP contribution in [0.25, 0.3) is 10.9 Å². The predicted molar refractivity (Wildman–Crippen MR) is 70.3 cm³/mol. The highest BCUT2D eigenvalue weighted by atomic mass is 15.1. The van der Waals surface area contributed by atoms with Gasteiger partial charge in [0.2, 0.25) is 0 Å². The summed E-state index contributed by atoms with van der Waals surface area (Å²) in [5.74, 6) is 0. The van der Waals surface area contributed by atoms with Crippen molar-refractivity contribution in [3.05, 3.63) is 35.0 Å². The van der Waals surface area contributed by atoms with Gasteiger partial charge in [-0.2, -0.15) is 0 Å². The molecule has 2 heteroatoms. The van der Waals surface area contributed by atoms with Crippen molar-refractivity contribution in [3.8, 4) is 0 Å². The summed E-state index contributed by atoms with van der Waals surface area (Å²) in [7, 11) is 4.15. The van der Waals surface area contributed by atoms with Gasteiger partial charge in [-0.05, 0) is 38.5 Å². The number of hydrogen-bond donors (Lipinski definition) is 0. The number of hydrogen-bond acceptors (Lipinski definition) is 2. The Kier molecular flexibility index (Phi) is 2.58. The number of rotatable bonds is 1. The quantitative estimate of drug-likeness (QED) is 0.724. The molecular weight excluding hydrogens is 196 g/mol. The summed E-state index contributed by atoms with van der Waals surface area (Å²) in [4.78, 5) is 6.78. The first-order valence-electron chi connectivity index (χ1n) is 5.55. The third-order valence-electron chi connectivity index (χ3n) is 2.84. The van der Waals surface area contributed by atoms with Crippen LogP contribution in [0.2, 0.25) is 0 Å². The van der Waals surface area contributed by atoms with Crippen LogP contribution in [-0.4, -0.2) is 19.1 Å². The van der Waals surface area contributed by atoms with Crippen molar-refractivity contribution in [3.63, 3.8) is 0 Å². The molecule has 16 heavy (non-hydrogen) atoms. The molecule has 0 amide bonds. The topological polar surface area (TPSA) is 16.1 Å². The molecule has 1 aromatic carbocycles. The Balaban J connectivity index is 2.89. The number of anilines is 1. The van der Waals surface area contributed by atoms with Gasteiger partial charge in [-0.25, -0.2) is 0 Å². The molecule has 0 aliphatic rings. The minimum absolute atomic E-state index is 1.07. The van der Waals surface area contributed by atoms with Crippen molar-refractivity contribution in [2.24, 2.45) is 0 Å². The lowest BCUT2D eigenvalue weighted by Crippen LogP contribution is -2.10. The second-order valence-corrected chi connectivity index (χ2v) is 4.66. The highest BCUT2D eigenvalue weighted by Crippen LogP contribution is 2.28. The van der Waals surface area contributed by atoms with E-state index in [0.717, 1.165) is 11.2 Å². The van der Waals surface area contributed by atoms with Crippen LogP contribution in [0.5, 0.6) is 0 Å². The molecule has 1 heterocycles.